The Hall–Kier alpha value is -15.7. The van der Waals surface area contributed by atoms with Crippen LogP contribution in [-0.4, -0.2) is 18.3 Å². The summed E-state index contributed by atoms with van der Waals surface area (Å²) < 4.78 is 28.4. The summed E-state index contributed by atoms with van der Waals surface area (Å²) in [6.45, 7) is 19.7. The number of hydrogen-bond acceptors (Lipinski definition) is 2. The second kappa shape index (κ2) is 33.8. The minimum Gasteiger partial charge on any atom is -0.449 e. The van der Waals surface area contributed by atoms with Gasteiger partial charge in [-0.05, 0) is 148 Å². The average molecular weight is 1790 g/mol. The van der Waals surface area contributed by atoms with Gasteiger partial charge in [-0.3, -0.25) is 0 Å². The number of rotatable bonds is 5. The largest absolute Gasteiger partial charge is 0.449 e. The van der Waals surface area contributed by atoms with E-state index in [1.165, 1.54) is 262 Å². The normalized spacial score (nSPS) is 11.8. The van der Waals surface area contributed by atoms with E-state index in [1.54, 1.807) is 0 Å². The van der Waals surface area contributed by atoms with Crippen molar-refractivity contribution >= 4 is 184 Å². The molecule has 0 fully saturated rings. The third-order valence-electron chi connectivity index (χ3n) is 28.9. The fraction of sp³-hybridized carbons (Fsp3) is 0.144. The van der Waals surface area contributed by atoms with Crippen LogP contribution in [0, 0.1) is 62.3 Å². The standard InChI is InChI=1S/C26H25N2.2C25H23N2.C25H18NOS.C24H21N2/c1-16-10-12-20(17(2)14-16)25-26-23(18(3)15-27(25)4)22-13-11-19-8-6-7-9-21(19)24(22)28(26)5;1-16-9-11-19(17(2)15-16)24-25-22(13-14-26(24)3)21-12-10-18-7-5-6-8-20(18)23(21)27(25)4;1-16-9-11-20-18(15-16)10-12-21-22-13-14-26(3)24(25(22)27(4)23(20)21)19-8-6-5-7-17(19)2;1-15-24(19-9-5-6-10-23(19)28-15)21-13-20-18-12-11-16-7-3-4-8-17(16)25(18)27-22(20)14-26(21)2;1-16-8-4-6-10-18(16)23-24-21(14-15-25(23)2)20-13-12-17-9-5-7-11-19(17)22(20)26(24)3/h6-15H,1-5H3;2*5-15H,1-4H3;3-14H,1-2H3;4-15H,1-3H3/q5*+1. The van der Waals surface area contributed by atoms with Crippen LogP contribution in [0.25, 0.3) is 229 Å². The molecule has 10 nitrogen and oxygen atoms in total. The summed E-state index contributed by atoms with van der Waals surface area (Å²) in [6.07, 6.45) is 10.9. The predicted molar refractivity (Wildman–Crippen MR) is 574 cm³/mol. The van der Waals surface area contributed by atoms with Gasteiger partial charge in [0.2, 0.25) is 34.7 Å². The lowest BCUT2D eigenvalue weighted by molar-refractivity contribution is -0.659. The Bertz CT molecular complexity index is 9490. The predicted octanol–water partition coefficient (Wildman–Crippen LogP) is 29.1. The molecule has 0 unspecified atom stereocenters. The highest BCUT2D eigenvalue weighted by atomic mass is 32.1. The first kappa shape index (κ1) is 85.8. The lowest BCUT2D eigenvalue weighted by Crippen LogP contribution is -2.32. The van der Waals surface area contributed by atoms with Crippen molar-refractivity contribution in [2.24, 2.45) is 63.4 Å². The van der Waals surface area contributed by atoms with Crippen molar-refractivity contribution in [3.8, 4) is 56.3 Å². The second-order valence-electron chi connectivity index (χ2n) is 37.7. The molecule has 11 aromatic heterocycles. The van der Waals surface area contributed by atoms with Crippen molar-refractivity contribution < 1.29 is 27.3 Å². The van der Waals surface area contributed by atoms with Gasteiger partial charge in [-0.2, -0.15) is 22.8 Å². The highest BCUT2D eigenvalue weighted by Gasteiger charge is 2.31. The molecule has 0 aliphatic rings. The second-order valence-corrected chi connectivity index (χ2v) is 38.9. The summed E-state index contributed by atoms with van der Waals surface area (Å²) in [5.74, 6) is 0. The maximum atomic E-state index is 6.32. The van der Waals surface area contributed by atoms with Crippen molar-refractivity contribution in [1.82, 2.24) is 18.3 Å². The number of hydrogen-bond donors (Lipinski definition) is 0. The maximum Gasteiger partial charge on any atom is 0.237 e. The Morgan fingerprint density at radius 2 is 0.596 bits per heavy atom. The van der Waals surface area contributed by atoms with Crippen LogP contribution >= 0.6 is 11.3 Å². The van der Waals surface area contributed by atoms with E-state index in [9.17, 15) is 0 Å². The molecule has 0 atom stereocenters. The zero-order valence-electron chi connectivity index (χ0n) is 80.7. The van der Waals surface area contributed by atoms with E-state index < -0.39 is 0 Å². The molecule has 11 heterocycles. The van der Waals surface area contributed by atoms with E-state index in [1.807, 2.05) is 11.3 Å². The van der Waals surface area contributed by atoms with Crippen LogP contribution in [0.3, 0.4) is 0 Å². The van der Waals surface area contributed by atoms with Crippen molar-refractivity contribution in [1.29, 1.82) is 0 Å². The van der Waals surface area contributed by atoms with Crippen molar-refractivity contribution in [3.05, 3.63) is 390 Å². The molecule has 136 heavy (non-hydrogen) atoms. The number of fused-ring (bicyclic) bond motifs is 26. The summed E-state index contributed by atoms with van der Waals surface area (Å²) in [6, 6.07) is 112. The number of nitrogens with zero attached hydrogens (tertiary/aromatic N) is 9. The van der Waals surface area contributed by atoms with Gasteiger partial charge < -0.3 is 22.7 Å². The quantitative estimate of drug-likeness (QED) is 0.158. The molecular formula is C125H110N9OS+5. The van der Waals surface area contributed by atoms with E-state index in [0.717, 1.165) is 16.6 Å². The molecule has 0 amide bonds. The molecule has 0 radical (unpaired) electrons. The number of pyridine rings is 5. The molecule has 15 aromatic carbocycles. The molecule has 26 rings (SSSR count). The number of aromatic nitrogens is 9. The van der Waals surface area contributed by atoms with Crippen molar-refractivity contribution in [3.63, 3.8) is 0 Å². The Morgan fingerprint density at radius 1 is 0.243 bits per heavy atom. The molecule has 0 aliphatic carbocycles. The zero-order valence-corrected chi connectivity index (χ0v) is 81.5. The Morgan fingerprint density at radius 3 is 1.07 bits per heavy atom. The van der Waals surface area contributed by atoms with Crippen LogP contribution in [0.5, 0.6) is 0 Å². The third-order valence-corrected chi connectivity index (χ3v) is 30.0. The van der Waals surface area contributed by atoms with Gasteiger partial charge in [0.05, 0.1) is 49.9 Å². The number of aryl methyl sites for hydroxylation is 18. The first-order chi connectivity index (χ1) is 66.0. The van der Waals surface area contributed by atoms with Crippen molar-refractivity contribution in [2.45, 2.75) is 62.3 Å². The minimum atomic E-state index is 0.926. The Balaban J connectivity index is 0.0000000985. The molecule has 11 heteroatoms. The van der Waals surface area contributed by atoms with Crippen molar-refractivity contribution in [2.75, 3.05) is 0 Å². The lowest BCUT2D eigenvalue weighted by atomic mass is 9.99. The van der Waals surface area contributed by atoms with Gasteiger partial charge in [-0.1, -0.05) is 265 Å². The topological polar surface area (TPSA) is 52.3 Å². The van der Waals surface area contributed by atoms with Gasteiger partial charge in [0, 0.05) is 154 Å². The van der Waals surface area contributed by atoms with Crippen LogP contribution in [0.2, 0.25) is 0 Å². The number of benzene rings is 15. The first-order valence-corrected chi connectivity index (χ1v) is 47.9. The van der Waals surface area contributed by atoms with Crippen LogP contribution in [0.15, 0.2) is 345 Å². The van der Waals surface area contributed by atoms with E-state index >= 15 is 0 Å². The van der Waals surface area contributed by atoms with Crippen LogP contribution in [0.1, 0.15) is 49.4 Å². The molecule has 0 saturated carbocycles. The van der Waals surface area contributed by atoms with Crippen LogP contribution < -0.4 is 22.8 Å². The van der Waals surface area contributed by atoms with Gasteiger partial charge in [0.1, 0.15) is 62.9 Å². The monoisotopic (exact) mass is 1780 g/mol. The van der Waals surface area contributed by atoms with Gasteiger partial charge in [0.15, 0.2) is 30.4 Å². The molecule has 0 saturated heterocycles. The summed E-state index contributed by atoms with van der Waals surface area (Å²) in [7, 11) is 19.5. The molecule has 0 bridgehead atoms. The maximum absolute atomic E-state index is 6.32. The highest BCUT2D eigenvalue weighted by molar-refractivity contribution is 7.19. The molecule has 0 spiro atoms. The van der Waals surface area contributed by atoms with Crippen LogP contribution in [-0.2, 0) is 63.4 Å². The van der Waals surface area contributed by atoms with E-state index in [4.69, 9.17) is 4.42 Å². The van der Waals surface area contributed by atoms with Gasteiger partial charge in [-0.15, -0.1) is 11.3 Å². The van der Waals surface area contributed by atoms with Gasteiger partial charge in [0.25, 0.3) is 0 Å². The Labute approximate surface area is 796 Å². The fourth-order valence-corrected chi connectivity index (χ4v) is 23.6. The fourth-order valence-electron chi connectivity index (χ4n) is 22.5. The molecule has 662 valence electrons. The Kier molecular flexibility index (Phi) is 21.3. The molecule has 26 aromatic rings. The first-order valence-electron chi connectivity index (χ1n) is 47.1. The lowest BCUT2D eigenvalue weighted by Gasteiger charge is -2.10. The highest BCUT2D eigenvalue weighted by Crippen LogP contribution is 2.46. The van der Waals surface area contributed by atoms with E-state index in [2.05, 4.69) is 507 Å². The summed E-state index contributed by atoms with van der Waals surface area (Å²) >= 11 is 1.86. The van der Waals surface area contributed by atoms with Gasteiger partial charge in [-0.25, -0.2) is 0 Å². The number of thiophene rings is 1. The minimum absolute atomic E-state index is 0.926. The molecule has 0 aliphatic heterocycles. The zero-order chi connectivity index (χ0) is 93.7. The van der Waals surface area contributed by atoms with E-state index in [-0.39, 0.29) is 0 Å². The smallest absolute Gasteiger partial charge is 0.237 e. The molecule has 0 N–H and O–H groups in total. The molecular weight excluding hydrogens is 1680 g/mol. The van der Waals surface area contributed by atoms with Gasteiger partial charge >= 0.3 is 0 Å². The van der Waals surface area contributed by atoms with Crippen LogP contribution in [0.4, 0.5) is 0 Å². The van der Waals surface area contributed by atoms with E-state index in [0.29, 0.717) is 0 Å². The third kappa shape index (κ3) is 14.1. The average Bonchev–Trinajstić information content (AvgIpc) is 1.65. The SMILES string of the molecule is Cc1ccc(-c2c3c(c(C)c[n+]2C)c2ccc4ccccc4c2n3C)c(C)c1.Cc1ccc(-c2c3c(cc[n+]2C)c2ccc4ccccc4c2n3C)c(C)c1.Cc1ccc2c(ccc3c4cc[n+](C)c(-c5ccccc5C)c4n(C)c23)c1.Cc1ccccc1-c1c2c(cc[n+]1C)c1ccc3ccccc3c1n2C.Cc1sc2ccccc2c1-c1cc2c(c[n+]1C)oc1c3ccccc3ccc21. The summed E-state index contributed by atoms with van der Waals surface area (Å²) in [4.78, 5) is 1.34. The summed E-state index contributed by atoms with van der Waals surface area (Å²) in [5, 5.41) is 27.0. The number of furan rings is 1. The summed E-state index contributed by atoms with van der Waals surface area (Å²) in [5.41, 5.74) is 35.5.